The summed E-state index contributed by atoms with van der Waals surface area (Å²) in [5.41, 5.74) is -0.187. The van der Waals surface area contributed by atoms with E-state index in [-0.39, 0.29) is 5.92 Å². The van der Waals surface area contributed by atoms with Crippen molar-refractivity contribution in [3.05, 3.63) is 11.6 Å². The van der Waals surface area contributed by atoms with Crippen LogP contribution in [-0.2, 0) is 0 Å². The van der Waals surface area contributed by atoms with Crippen LogP contribution >= 0.6 is 0 Å². The average molecular weight is 172 g/mol. The fraction of sp³-hybridized carbons (Fsp3) is 0.800. The Morgan fingerprint density at radius 1 is 1.58 bits per heavy atom. The summed E-state index contributed by atoms with van der Waals surface area (Å²) in [7, 11) is 0. The minimum atomic E-state index is -1.17. The first-order chi connectivity index (χ1) is 5.41. The number of allylic oxidation sites excluding steroid dienone is 1. The van der Waals surface area contributed by atoms with Crippen LogP contribution < -0.4 is 0 Å². The molecule has 1 nitrogen and oxygen atoms in total. The summed E-state index contributed by atoms with van der Waals surface area (Å²) in [4.78, 5) is 0. The Balaban J connectivity index is 2.65. The lowest BCUT2D eigenvalue weighted by atomic mass is 9.79. The molecule has 0 aromatic rings. The molecule has 0 radical (unpaired) electrons. The molecular weight excluding hydrogens is 155 g/mol. The van der Waals surface area contributed by atoms with Crippen LogP contribution in [0.2, 0.25) is 0 Å². The zero-order chi connectivity index (χ0) is 9.35. The number of alkyl halides is 1. The fourth-order valence-electron chi connectivity index (χ4n) is 1.58. The number of hydrogen-bond acceptors (Lipinski definition) is 1. The number of aliphatic hydroxyl groups is 1. The van der Waals surface area contributed by atoms with Crippen LogP contribution in [0.4, 0.5) is 4.39 Å². The van der Waals surface area contributed by atoms with Gasteiger partial charge in [-0.3, -0.25) is 0 Å². The van der Waals surface area contributed by atoms with Crippen molar-refractivity contribution in [1.82, 2.24) is 0 Å². The minimum Gasteiger partial charge on any atom is -0.389 e. The first-order valence-corrected chi connectivity index (χ1v) is 4.45. The van der Waals surface area contributed by atoms with E-state index in [0.717, 1.165) is 12.0 Å². The first kappa shape index (κ1) is 9.72. The zero-order valence-electron chi connectivity index (χ0n) is 7.97. The van der Waals surface area contributed by atoms with E-state index < -0.39 is 11.8 Å². The fourth-order valence-corrected chi connectivity index (χ4v) is 1.58. The lowest BCUT2D eigenvalue weighted by molar-refractivity contribution is 0.0704. The van der Waals surface area contributed by atoms with Gasteiger partial charge in [0.2, 0.25) is 0 Å². The number of halogens is 1. The molecule has 70 valence electrons. The zero-order valence-corrected chi connectivity index (χ0v) is 7.97. The van der Waals surface area contributed by atoms with Crippen LogP contribution in [0, 0.1) is 5.92 Å². The maximum Gasteiger partial charge on any atom is 0.108 e. The van der Waals surface area contributed by atoms with Crippen LogP contribution in [-0.4, -0.2) is 16.9 Å². The Bertz CT molecular complexity index is 191. The second-order valence-electron chi connectivity index (χ2n) is 4.20. The average Bonchev–Trinajstić information content (AvgIpc) is 1.92. The van der Waals surface area contributed by atoms with Gasteiger partial charge in [0.25, 0.3) is 0 Å². The van der Waals surface area contributed by atoms with Gasteiger partial charge >= 0.3 is 0 Å². The smallest absolute Gasteiger partial charge is 0.108 e. The molecule has 1 N–H and O–H groups in total. The molecule has 0 saturated carbocycles. The third-order valence-corrected chi connectivity index (χ3v) is 2.73. The van der Waals surface area contributed by atoms with Crippen LogP contribution in [0.1, 0.15) is 33.6 Å². The van der Waals surface area contributed by atoms with Gasteiger partial charge in [0, 0.05) is 0 Å². The predicted octanol–water partition coefficient (Wildman–Crippen LogP) is 2.45. The van der Waals surface area contributed by atoms with Gasteiger partial charge in [0.05, 0.1) is 6.10 Å². The van der Waals surface area contributed by atoms with E-state index in [1.807, 2.05) is 13.0 Å². The van der Waals surface area contributed by atoms with Crippen molar-refractivity contribution in [2.75, 3.05) is 0 Å². The van der Waals surface area contributed by atoms with Crippen molar-refractivity contribution in [3.63, 3.8) is 0 Å². The van der Waals surface area contributed by atoms with E-state index in [1.54, 1.807) is 13.8 Å². The number of aliphatic hydroxyl groups excluding tert-OH is 1. The number of rotatable bonds is 1. The molecule has 2 unspecified atom stereocenters. The maximum absolute atomic E-state index is 13.4. The Morgan fingerprint density at radius 2 is 2.17 bits per heavy atom. The highest BCUT2D eigenvalue weighted by Crippen LogP contribution is 2.34. The summed E-state index contributed by atoms with van der Waals surface area (Å²) in [5, 5.41) is 9.48. The summed E-state index contributed by atoms with van der Waals surface area (Å²) in [6, 6.07) is 0. The van der Waals surface area contributed by atoms with Gasteiger partial charge < -0.3 is 5.11 Å². The highest BCUT2D eigenvalue weighted by Gasteiger charge is 2.32. The molecule has 1 rings (SSSR count). The summed E-state index contributed by atoms with van der Waals surface area (Å²) >= 11 is 0. The van der Waals surface area contributed by atoms with Gasteiger partial charge in [0.1, 0.15) is 5.67 Å². The van der Waals surface area contributed by atoms with Gasteiger partial charge in [-0.05, 0) is 45.1 Å². The quantitative estimate of drug-likeness (QED) is 0.602. The van der Waals surface area contributed by atoms with Gasteiger partial charge in [-0.1, -0.05) is 6.08 Å². The molecule has 1 aliphatic carbocycles. The molecule has 0 heterocycles. The van der Waals surface area contributed by atoms with E-state index in [0.29, 0.717) is 6.42 Å². The van der Waals surface area contributed by atoms with Crippen LogP contribution in [0.5, 0.6) is 0 Å². The second kappa shape index (κ2) is 3.17. The Labute approximate surface area is 73.3 Å². The topological polar surface area (TPSA) is 20.2 Å². The van der Waals surface area contributed by atoms with Crippen molar-refractivity contribution in [2.24, 2.45) is 5.92 Å². The normalized spacial score (nSPS) is 31.6. The van der Waals surface area contributed by atoms with Gasteiger partial charge in [-0.15, -0.1) is 0 Å². The summed E-state index contributed by atoms with van der Waals surface area (Å²) in [6.45, 7) is 5.06. The van der Waals surface area contributed by atoms with Gasteiger partial charge in [-0.2, -0.15) is 0 Å². The van der Waals surface area contributed by atoms with Crippen molar-refractivity contribution in [3.8, 4) is 0 Å². The van der Waals surface area contributed by atoms with Crippen LogP contribution in [0.15, 0.2) is 11.6 Å². The molecule has 0 aromatic carbocycles. The van der Waals surface area contributed by atoms with Gasteiger partial charge in [0.15, 0.2) is 0 Å². The molecule has 12 heavy (non-hydrogen) atoms. The molecule has 0 fully saturated rings. The minimum absolute atomic E-state index is 0.0313. The van der Waals surface area contributed by atoms with E-state index >= 15 is 0 Å². The van der Waals surface area contributed by atoms with Crippen molar-refractivity contribution >= 4 is 0 Å². The maximum atomic E-state index is 13.4. The third-order valence-electron chi connectivity index (χ3n) is 2.73. The van der Waals surface area contributed by atoms with E-state index in [2.05, 4.69) is 0 Å². The third kappa shape index (κ3) is 2.07. The lowest BCUT2D eigenvalue weighted by Gasteiger charge is -2.31. The molecule has 2 atom stereocenters. The van der Waals surface area contributed by atoms with Crippen molar-refractivity contribution < 1.29 is 9.50 Å². The van der Waals surface area contributed by atoms with Crippen molar-refractivity contribution in [1.29, 1.82) is 0 Å². The monoisotopic (exact) mass is 172 g/mol. The Morgan fingerprint density at radius 3 is 2.58 bits per heavy atom. The second-order valence-corrected chi connectivity index (χ2v) is 4.20. The van der Waals surface area contributed by atoms with E-state index in [1.165, 1.54) is 0 Å². The van der Waals surface area contributed by atoms with E-state index in [9.17, 15) is 9.50 Å². The molecule has 2 heteroatoms. The van der Waals surface area contributed by atoms with Crippen LogP contribution in [0.3, 0.4) is 0 Å². The SMILES string of the molecule is CC1=CCC(C(C)(C)F)CC1O. The summed E-state index contributed by atoms with van der Waals surface area (Å²) in [6.07, 6.45) is 2.83. The Kier molecular flexibility index (Phi) is 2.57. The van der Waals surface area contributed by atoms with Crippen LogP contribution in [0.25, 0.3) is 0 Å². The van der Waals surface area contributed by atoms with Crippen molar-refractivity contribution in [2.45, 2.75) is 45.4 Å². The molecular formula is C10H17FO. The highest BCUT2D eigenvalue weighted by molar-refractivity contribution is 5.10. The molecule has 0 amide bonds. The standard InChI is InChI=1S/C10H17FO/c1-7-4-5-8(6-9(7)12)10(2,3)11/h4,8-9,12H,5-6H2,1-3H3. The summed E-state index contributed by atoms with van der Waals surface area (Å²) in [5.74, 6) is -0.0313. The first-order valence-electron chi connectivity index (χ1n) is 4.45. The molecule has 0 aliphatic heterocycles. The predicted molar refractivity (Wildman–Crippen MR) is 47.7 cm³/mol. The highest BCUT2D eigenvalue weighted by atomic mass is 19.1. The lowest BCUT2D eigenvalue weighted by Crippen LogP contribution is -2.32. The molecule has 0 saturated heterocycles. The van der Waals surface area contributed by atoms with E-state index in [4.69, 9.17) is 0 Å². The number of hydrogen-bond donors (Lipinski definition) is 1. The molecule has 0 aromatic heterocycles. The summed E-state index contributed by atoms with van der Waals surface area (Å²) < 4.78 is 13.4. The molecule has 0 spiro atoms. The largest absolute Gasteiger partial charge is 0.389 e. The Hall–Kier alpha value is -0.370. The van der Waals surface area contributed by atoms with Gasteiger partial charge in [-0.25, -0.2) is 4.39 Å². The molecule has 0 bridgehead atoms. The molecule has 1 aliphatic rings.